The molecule has 1 heterocycles. The molecule has 0 radical (unpaired) electrons. The Balaban J connectivity index is 0.00000264. The Labute approximate surface area is 144 Å². The Morgan fingerprint density at radius 1 is 1.30 bits per heavy atom. The van der Waals surface area contributed by atoms with E-state index in [2.05, 4.69) is 17.6 Å². The number of carbonyl (C=O) groups is 2. The summed E-state index contributed by atoms with van der Waals surface area (Å²) in [6, 6.07) is 7.79. The van der Waals surface area contributed by atoms with Crippen molar-refractivity contribution in [2.75, 3.05) is 20.6 Å². The van der Waals surface area contributed by atoms with Crippen molar-refractivity contribution in [3.8, 4) is 0 Å². The summed E-state index contributed by atoms with van der Waals surface area (Å²) < 4.78 is 0. The van der Waals surface area contributed by atoms with Crippen molar-refractivity contribution in [2.45, 2.75) is 32.4 Å². The maximum Gasteiger partial charge on any atom is 0.251 e. The van der Waals surface area contributed by atoms with Crippen LogP contribution in [-0.2, 0) is 11.3 Å². The van der Waals surface area contributed by atoms with Crippen LogP contribution in [0.25, 0.3) is 0 Å². The van der Waals surface area contributed by atoms with Gasteiger partial charge in [0.25, 0.3) is 5.91 Å². The Kier molecular flexibility index (Phi) is 7.52. The van der Waals surface area contributed by atoms with Gasteiger partial charge in [0.1, 0.15) is 0 Å². The van der Waals surface area contributed by atoms with Gasteiger partial charge in [-0.15, -0.1) is 12.4 Å². The topological polar surface area (TPSA) is 61.4 Å². The van der Waals surface area contributed by atoms with E-state index in [-0.39, 0.29) is 30.1 Å². The fourth-order valence-electron chi connectivity index (χ4n) is 2.93. The third-order valence-electron chi connectivity index (χ3n) is 4.21. The van der Waals surface area contributed by atoms with Gasteiger partial charge in [0, 0.05) is 38.2 Å². The van der Waals surface area contributed by atoms with Gasteiger partial charge in [-0.2, -0.15) is 0 Å². The second kappa shape index (κ2) is 8.89. The number of nitrogens with zero attached hydrogens (tertiary/aromatic N) is 1. The van der Waals surface area contributed by atoms with Gasteiger partial charge >= 0.3 is 0 Å². The highest BCUT2D eigenvalue weighted by molar-refractivity contribution is 5.93. The molecule has 2 rings (SSSR count). The maximum absolute atomic E-state index is 12.5. The molecule has 1 aromatic carbocycles. The lowest BCUT2D eigenvalue weighted by Gasteiger charge is -2.30. The van der Waals surface area contributed by atoms with Crippen LogP contribution in [0.5, 0.6) is 0 Å². The average Bonchev–Trinajstić information content (AvgIpc) is 2.54. The van der Waals surface area contributed by atoms with Crippen molar-refractivity contribution in [1.82, 2.24) is 15.5 Å². The molecule has 1 aliphatic heterocycles. The summed E-state index contributed by atoms with van der Waals surface area (Å²) in [5.74, 6) is 0.231. The minimum absolute atomic E-state index is 0. The van der Waals surface area contributed by atoms with Crippen molar-refractivity contribution >= 4 is 24.2 Å². The highest BCUT2D eigenvalue weighted by Gasteiger charge is 2.26. The highest BCUT2D eigenvalue weighted by Crippen LogP contribution is 2.19. The second-order valence-corrected chi connectivity index (χ2v) is 6.05. The first kappa shape index (κ1) is 19.5. The van der Waals surface area contributed by atoms with Crippen molar-refractivity contribution in [2.24, 2.45) is 5.92 Å². The fraction of sp³-hybridized carbons (Fsp3) is 0.529. The summed E-state index contributed by atoms with van der Waals surface area (Å²) in [5, 5.41) is 5.97. The van der Waals surface area contributed by atoms with E-state index in [0.717, 1.165) is 24.9 Å². The Hall–Kier alpha value is -1.59. The smallest absolute Gasteiger partial charge is 0.251 e. The summed E-state index contributed by atoms with van der Waals surface area (Å²) in [5.41, 5.74) is 1.66. The fourth-order valence-corrected chi connectivity index (χ4v) is 2.93. The minimum Gasteiger partial charge on any atom is -0.355 e. The number of hydrogen-bond donors (Lipinski definition) is 2. The van der Waals surface area contributed by atoms with Crippen LogP contribution in [0, 0.1) is 5.92 Å². The van der Waals surface area contributed by atoms with Gasteiger partial charge in [0.2, 0.25) is 5.91 Å². The Morgan fingerprint density at radius 3 is 2.52 bits per heavy atom. The lowest BCUT2D eigenvalue weighted by molar-refractivity contribution is -0.135. The zero-order valence-electron chi connectivity index (χ0n) is 14.0. The minimum atomic E-state index is -0.0975. The van der Waals surface area contributed by atoms with E-state index in [1.165, 1.54) is 0 Å². The molecule has 6 heteroatoms. The standard InChI is InChI=1S/C17H25N3O2.ClH/c1-12-10-15(8-9-19-12)17(22)20(3)11-13-4-6-14(7-5-13)16(21)18-2;/h4-7,12,15,19H,8-11H2,1-3H3,(H,18,21);1H/t12-,15-;/m0./s1. The number of amides is 2. The van der Waals surface area contributed by atoms with Gasteiger partial charge in [0.15, 0.2) is 0 Å². The van der Waals surface area contributed by atoms with Crippen molar-refractivity contribution < 1.29 is 9.59 Å². The van der Waals surface area contributed by atoms with Gasteiger partial charge in [-0.1, -0.05) is 12.1 Å². The second-order valence-electron chi connectivity index (χ2n) is 6.05. The molecule has 2 atom stereocenters. The molecule has 0 aromatic heterocycles. The Morgan fingerprint density at radius 2 is 1.96 bits per heavy atom. The molecule has 0 unspecified atom stereocenters. The molecule has 2 amide bonds. The van der Waals surface area contributed by atoms with Crippen LogP contribution >= 0.6 is 12.4 Å². The van der Waals surface area contributed by atoms with Crippen molar-refractivity contribution in [3.63, 3.8) is 0 Å². The predicted molar refractivity (Wildman–Crippen MR) is 93.7 cm³/mol. The van der Waals surface area contributed by atoms with Gasteiger partial charge in [0.05, 0.1) is 0 Å². The van der Waals surface area contributed by atoms with E-state index in [9.17, 15) is 9.59 Å². The summed E-state index contributed by atoms with van der Waals surface area (Å²) in [4.78, 5) is 25.8. The normalized spacial score (nSPS) is 20.3. The molecule has 0 saturated carbocycles. The first-order valence-corrected chi connectivity index (χ1v) is 7.80. The van der Waals surface area contributed by atoms with Gasteiger partial charge in [-0.3, -0.25) is 9.59 Å². The first-order chi connectivity index (χ1) is 10.5. The molecule has 2 N–H and O–H groups in total. The molecule has 0 aliphatic carbocycles. The van der Waals surface area contributed by atoms with Crippen LogP contribution in [-0.4, -0.2) is 43.4 Å². The summed E-state index contributed by atoms with van der Waals surface area (Å²) in [6.07, 6.45) is 1.81. The van der Waals surface area contributed by atoms with Crippen molar-refractivity contribution in [3.05, 3.63) is 35.4 Å². The van der Waals surface area contributed by atoms with Gasteiger partial charge in [-0.25, -0.2) is 0 Å². The summed E-state index contributed by atoms with van der Waals surface area (Å²) >= 11 is 0. The van der Waals surface area contributed by atoms with E-state index in [4.69, 9.17) is 0 Å². The number of carbonyl (C=O) groups excluding carboxylic acids is 2. The van der Waals surface area contributed by atoms with Gasteiger partial charge < -0.3 is 15.5 Å². The van der Waals surface area contributed by atoms with Crippen LogP contribution in [0.3, 0.4) is 0 Å². The molecule has 23 heavy (non-hydrogen) atoms. The number of piperidine rings is 1. The molecule has 5 nitrogen and oxygen atoms in total. The zero-order valence-corrected chi connectivity index (χ0v) is 14.8. The number of benzene rings is 1. The predicted octanol–water partition coefficient (Wildman–Crippen LogP) is 1.81. The van der Waals surface area contributed by atoms with Crippen LogP contribution in [0.4, 0.5) is 0 Å². The van der Waals surface area contributed by atoms with E-state index < -0.39 is 0 Å². The maximum atomic E-state index is 12.5. The SMILES string of the molecule is CNC(=O)c1ccc(CN(C)C(=O)[C@H]2CCN[C@@H](C)C2)cc1.Cl. The van der Waals surface area contributed by atoms with Gasteiger partial charge in [-0.05, 0) is 44.0 Å². The number of rotatable bonds is 4. The monoisotopic (exact) mass is 339 g/mol. The molecule has 0 bridgehead atoms. The van der Waals surface area contributed by atoms with Crippen LogP contribution in [0.15, 0.2) is 24.3 Å². The summed E-state index contributed by atoms with van der Waals surface area (Å²) in [6.45, 7) is 3.61. The lowest BCUT2D eigenvalue weighted by atomic mass is 9.92. The third kappa shape index (κ3) is 5.22. The molecular weight excluding hydrogens is 314 g/mol. The molecule has 1 aliphatic rings. The molecule has 128 valence electrons. The lowest BCUT2D eigenvalue weighted by Crippen LogP contribution is -2.42. The van der Waals surface area contributed by atoms with Crippen LogP contribution in [0.2, 0.25) is 0 Å². The van der Waals surface area contributed by atoms with Crippen molar-refractivity contribution in [1.29, 1.82) is 0 Å². The molecule has 0 spiro atoms. The van der Waals surface area contributed by atoms with Crippen LogP contribution < -0.4 is 10.6 Å². The number of hydrogen-bond acceptors (Lipinski definition) is 3. The summed E-state index contributed by atoms with van der Waals surface area (Å²) in [7, 11) is 3.46. The molecule has 1 fully saturated rings. The third-order valence-corrected chi connectivity index (χ3v) is 4.21. The quantitative estimate of drug-likeness (QED) is 0.879. The Bertz CT molecular complexity index is 533. The number of halogens is 1. The molecular formula is C17H26ClN3O2. The van der Waals surface area contributed by atoms with E-state index in [1.54, 1.807) is 24.1 Å². The molecule has 1 aromatic rings. The van der Waals surface area contributed by atoms with E-state index in [0.29, 0.717) is 18.2 Å². The zero-order chi connectivity index (χ0) is 16.1. The average molecular weight is 340 g/mol. The first-order valence-electron chi connectivity index (χ1n) is 7.80. The highest BCUT2D eigenvalue weighted by atomic mass is 35.5. The van der Waals surface area contributed by atoms with E-state index >= 15 is 0 Å². The number of nitrogens with one attached hydrogen (secondary N) is 2. The molecule has 1 saturated heterocycles. The largest absolute Gasteiger partial charge is 0.355 e. The van der Waals surface area contributed by atoms with Crippen LogP contribution in [0.1, 0.15) is 35.7 Å². The van der Waals surface area contributed by atoms with E-state index in [1.807, 2.05) is 19.2 Å².